The summed E-state index contributed by atoms with van der Waals surface area (Å²) in [4.78, 5) is 60.0. The zero-order valence-electron chi connectivity index (χ0n) is 22.1. The highest BCUT2D eigenvalue weighted by molar-refractivity contribution is 6.01. The molecular formula is C28H37NO9. The Hall–Kier alpha value is -2.85. The van der Waals surface area contributed by atoms with Crippen molar-refractivity contribution < 1.29 is 44.0 Å². The standard InChI is InChI=1S/C28H37NO9/c1-15(25(35)36)29-22(33)6-7-23(34)38-14-21(32)28(37)11-9-19-18-5-4-16-12-17(30)8-10-26(16,2)24(18)20(31)13-27(19,28)3/h8,10,12,15,18-20,24,31,37H,4-7,9,11,13-14H2,1-3H3,(H,29,33)(H,35,36)/t15?,18-,19?,20-,24?,26-,27-,28-/m0/s1. The fourth-order valence-electron chi connectivity index (χ4n) is 7.72. The summed E-state index contributed by atoms with van der Waals surface area (Å²) in [5, 5.41) is 34.2. The molecule has 4 aliphatic rings. The van der Waals surface area contributed by atoms with Gasteiger partial charge in [-0.05, 0) is 63.0 Å². The number of rotatable bonds is 8. The number of hydrogen-bond acceptors (Lipinski definition) is 8. The largest absolute Gasteiger partial charge is 0.480 e. The number of carboxylic acids is 1. The summed E-state index contributed by atoms with van der Waals surface area (Å²) in [5.74, 6) is -3.41. The predicted octanol–water partition coefficient (Wildman–Crippen LogP) is 1.48. The van der Waals surface area contributed by atoms with Crippen LogP contribution in [0.4, 0.5) is 0 Å². The molecule has 0 heterocycles. The minimum Gasteiger partial charge on any atom is -0.480 e. The number of allylic oxidation sites excluding steroid dienone is 4. The molecule has 3 fully saturated rings. The lowest BCUT2D eigenvalue weighted by Crippen LogP contribution is -2.61. The lowest BCUT2D eigenvalue weighted by molar-refractivity contribution is -0.181. The van der Waals surface area contributed by atoms with Gasteiger partial charge in [-0.2, -0.15) is 0 Å². The molecule has 0 aromatic heterocycles. The molecule has 0 aliphatic heterocycles. The maximum Gasteiger partial charge on any atom is 0.325 e. The quantitative estimate of drug-likeness (QED) is 0.339. The number of nitrogens with one attached hydrogen (secondary N) is 1. The van der Waals surface area contributed by atoms with Crippen molar-refractivity contribution >= 4 is 29.4 Å². The Morgan fingerprint density at radius 3 is 2.58 bits per heavy atom. The van der Waals surface area contributed by atoms with Crippen LogP contribution in [0.2, 0.25) is 0 Å². The molecule has 10 nitrogen and oxygen atoms in total. The van der Waals surface area contributed by atoms with Crippen molar-refractivity contribution in [1.29, 1.82) is 0 Å². The SMILES string of the molecule is CC(NC(=O)CCC(=O)OCC(=O)[C@@]1(O)CCC2[C@@H]3CCC4=CC(=O)C=C[C@]4(C)C3[C@@H](O)C[C@@]21C)C(=O)O. The fraction of sp³-hybridized carbons (Fsp3) is 0.679. The molecule has 38 heavy (non-hydrogen) atoms. The monoisotopic (exact) mass is 531 g/mol. The van der Waals surface area contributed by atoms with E-state index in [0.717, 1.165) is 18.4 Å². The Labute approximate surface area is 221 Å². The molecule has 0 radical (unpaired) electrons. The number of ether oxygens (including phenoxy) is 1. The maximum atomic E-state index is 13.3. The van der Waals surface area contributed by atoms with Crippen LogP contribution in [-0.2, 0) is 28.7 Å². The smallest absolute Gasteiger partial charge is 0.325 e. The topological polar surface area (TPSA) is 167 Å². The van der Waals surface area contributed by atoms with Crippen LogP contribution in [0, 0.1) is 28.6 Å². The summed E-state index contributed by atoms with van der Waals surface area (Å²) in [6, 6.07) is -1.10. The molecule has 0 spiro atoms. The van der Waals surface area contributed by atoms with Gasteiger partial charge in [0.05, 0.1) is 12.5 Å². The van der Waals surface area contributed by atoms with E-state index in [0.29, 0.717) is 6.42 Å². The van der Waals surface area contributed by atoms with Crippen LogP contribution >= 0.6 is 0 Å². The number of esters is 1. The van der Waals surface area contributed by atoms with E-state index in [1.807, 2.05) is 13.0 Å². The maximum absolute atomic E-state index is 13.3. The van der Waals surface area contributed by atoms with Gasteiger partial charge >= 0.3 is 11.9 Å². The highest BCUT2D eigenvalue weighted by Crippen LogP contribution is 2.67. The second-order valence-corrected chi connectivity index (χ2v) is 11.8. The van der Waals surface area contributed by atoms with Crippen molar-refractivity contribution in [2.75, 3.05) is 6.61 Å². The van der Waals surface area contributed by atoms with Crippen molar-refractivity contribution in [3.8, 4) is 0 Å². The number of ketones is 2. The Kier molecular flexibility index (Phi) is 7.44. The molecule has 0 aromatic rings. The van der Waals surface area contributed by atoms with Crippen LogP contribution in [0.3, 0.4) is 0 Å². The normalized spacial score (nSPS) is 38.2. The molecule has 4 aliphatic carbocycles. The lowest BCUT2D eigenvalue weighted by Gasteiger charge is -2.59. The number of hydrogen-bond donors (Lipinski definition) is 4. The number of carbonyl (C=O) groups is 5. The van der Waals surface area contributed by atoms with Crippen LogP contribution < -0.4 is 5.32 Å². The molecule has 0 saturated heterocycles. The molecule has 3 saturated carbocycles. The number of aliphatic carboxylic acids is 1. The Morgan fingerprint density at radius 2 is 1.89 bits per heavy atom. The first kappa shape index (κ1) is 28.2. The Bertz CT molecular complexity index is 1110. The summed E-state index contributed by atoms with van der Waals surface area (Å²) in [6.07, 6.45) is 6.20. The molecular weight excluding hydrogens is 494 g/mol. The van der Waals surface area contributed by atoms with Crippen LogP contribution in [-0.4, -0.2) is 69.1 Å². The molecule has 0 bridgehead atoms. The van der Waals surface area contributed by atoms with Crippen molar-refractivity contribution in [1.82, 2.24) is 5.32 Å². The number of carboxylic acid groups (broad SMARTS) is 1. The average Bonchev–Trinajstić information content (AvgIpc) is 3.12. The van der Waals surface area contributed by atoms with E-state index in [9.17, 15) is 34.2 Å². The Balaban J connectivity index is 1.40. The van der Waals surface area contributed by atoms with Gasteiger partial charge in [-0.3, -0.25) is 24.0 Å². The van der Waals surface area contributed by atoms with E-state index in [2.05, 4.69) is 12.2 Å². The molecule has 4 N–H and O–H groups in total. The second kappa shape index (κ2) is 10.0. The highest BCUT2D eigenvalue weighted by Gasteiger charge is 2.68. The second-order valence-electron chi connectivity index (χ2n) is 11.8. The third-order valence-electron chi connectivity index (χ3n) is 9.78. The average molecular weight is 532 g/mol. The number of Topliss-reactive ketones (excluding diaryl/α,β-unsaturated/α-hetero) is 1. The van der Waals surface area contributed by atoms with Crippen molar-refractivity contribution in [3.63, 3.8) is 0 Å². The zero-order chi connectivity index (χ0) is 28.0. The molecule has 1 amide bonds. The van der Waals surface area contributed by atoms with Crippen LogP contribution in [0.1, 0.15) is 65.7 Å². The van der Waals surface area contributed by atoms with Crippen LogP contribution in [0.15, 0.2) is 23.8 Å². The van der Waals surface area contributed by atoms with Crippen LogP contribution in [0.25, 0.3) is 0 Å². The van der Waals surface area contributed by atoms with E-state index >= 15 is 0 Å². The van der Waals surface area contributed by atoms with Gasteiger partial charge < -0.3 is 25.4 Å². The summed E-state index contributed by atoms with van der Waals surface area (Å²) >= 11 is 0. The van der Waals surface area contributed by atoms with Crippen molar-refractivity contribution in [2.45, 2.75) is 83.5 Å². The zero-order valence-corrected chi connectivity index (χ0v) is 22.1. The van der Waals surface area contributed by atoms with Crippen molar-refractivity contribution in [2.24, 2.45) is 28.6 Å². The number of amides is 1. The molecule has 3 unspecified atom stereocenters. The van der Waals surface area contributed by atoms with E-state index < -0.39 is 58.8 Å². The van der Waals surface area contributed by atoms with Gasteiger partial charge in [0.25, 0.3) is 0 Å². The first-order chi connectivity index (χ1) is 17.7. The summed E-state index contributed by atoms with van der Waals surface area (Å²) < 4.78 is 5.08. The van der Waals surface area contributed by atoms with Gasteiger partial charge in [0.15, 0.2) is 12.4 Å². The third-order valence-corrected chi connectivity index (χ3v) is 9.78. The van der Waals surface area contributed by atoms with Crippen LogP contribution in [0.5, 0.6) is 0 Å². The van der Waals surface area contributed by atoms with Crippen molar-refractivity contribution in [3.05, 3.63) is 23.8 Å². The van der Waals surface area contributed by atoms with Gasteiger partial charge in [-0.1, -0.05) is 25.5 Å². The van der Waals surface area contributed by atoms with Gasteiger partial charge in [-0.25, -0.2) is 0 Å². The predicted molar refractivity (Wildman–Crippen MR) is 133 cm³/mol. The van der Waals surface area contributed by atoms with E-state index in [1.54, 1.807) is 12.2 Å². The molecule has 208 valence electrons. The van der Waals surface area contributed by atoms with Gasteiger partial charge in [0, 0.05) is 23.2 Å². The number of aliphatic hydroxyl groups excluding tert-OH is 1. The van der Waals surface area contributed by atoms with Gasteiger partial charge in [0.2, 0.25) is 11.7 Å². The first-order valence-electron chi connectivity index (χ1n) is 13.3. The fourth-order valence-corrected chi connectivity index (χ4v) is 7.72. The summed E-state index contributed by atoms with van der Waals surface area (Å²) in [7, 11) is 0. The summed E-state index contributed by atoms with van der Waals surface area (Å²) in [6.45, 7) is 4.54. The van der Waals surface area contributed by atoms with E-state index in [-0.39, 0.29) is 49.2 Å². The third kappa shape index (κ3) is 4.62. The van der Waals surface area contributed by atoms with E-state index in [1.165, 1.54) is 6.92 Å². The molecule has 4 rings (SSSR count). The van der Waals surface area contributed by atoms with Gasteiger partial charge in [-0.15, -0.1) is 0 Å². The van der Waals surface area contributed by atoms with E-state index in [4.69, 9.17) is 9.84 Å². The molecule has 0 aromatic carbocycles. The van der Waals surface area contributed by atoms with Gasteiger partial charge in [0.1, 0.15) is 11.6 Å². The minimum absolute atomic E-state index is 0.0233. The molecule has 10 heteroatoms. The molecule has 8 atom stereocenters. The summed E-state index contributed by atoms with van der Waals surface area (Å²) in [5.41, 5.74) is -2.10. The number of aliphatic hydroxyl groups is 2. The number of fused-ring (bicyclic) bond motifs is 5. The first-order valence-corrected chi connectivity index (χ1v) is 13.3. The number of carbonyl (C=O) groups excluding carboxylic acids is 4. The lowest BCUT2D eigenvalue weighted by atomic mass is 9.46. The Morgan fingerprint density at radius 1 is 1.18 bits per heavy atom. The highest BCUT2D eigenvalue weighted by atomic mass is 16.5. The minimum atomic E-state index is -1.77.